The summed E-state index contributed by atoms with van der Waals surface area (Å²) in [5.41, 5.74) is 1.04. The number of rotatable bonds is 11. The van der Waals surface area contributed by atoms with Crippen LogP contribution >= 0.6 is 11.8 Å². The SMILES string of the molecule is CC(C)CN(CC(C)C)S(=O)(=O)c1ccc(C(=O)Nc2ccccc2SCCC#N)cc1. The average molecular weight is 474 g/mol. The molecule has 1 amide bonds. The highest BCUT2D eigenvalue weighted by Gasteiger charge is 2.26. The van der Waals surface area contributed by atoms with E-state index in [1.807, 2.05) is 45.9 Å². The van der Waals surface area contributed by atoms with Crippen molar-refractivity contribution in [3.05, 3.63) is 54.1 Å². The number of benzene rings is 2. The van der Waals surface area contributed by atoms with Crippen LogP contribution in [0.1, 0.15) is 44.5 Å². The zero-order valence-corrected chi connectivity index (χ0v) is 20.7. The van der Waals surface area contributed by atoms with E-state index < -0.39 is 10.0 Å². The normalized spacial score (nSPS) is 11.7. The molecule has 6 nitrogen and oxygen atoms in total. The number of carbonyl (C=O) groups excluding carboxylic acids is 1. The Bertz CT molecular complexity index is 1030. The summed E-state index contributed by atoms with van der Waals surface area (Å²) in [7, 11) is -3.64. The molecule has 0 aliphatic rings. The summed E-state index contributed by atoms with van der Waals surface area (Å²) in [6, 6.07) is 15.6. The van der Waals surface area contributed by atoms with Gasteiger partial charge in [-0.3, -0.25) is 4.79 Å². The van der Waals surface area contributed by atoms with Crippen LogP contribution in [0.2, 0.25) is 0 Å². The molecule has 0 bridgehead atoms. The van der Waals surface area contributed by atoms with Crippen molar-refractivity contribution in [2.45, 2.75) is 43.9 Å². The van der Waals surface area contributed by atoms with Crippen LogP contribution in [-0.2, 0) is 10.0 Å². The zero-order chi connectivity index (χ0) is 23.7. The van der Waals surface area contributed by atoms with Gasteiger partial charge in [0.2, 0.25) is 10.0 Å². The molecule has 172 valence electrons. The third-order valence-electron chi connectivity index (χ3n) is 4.50. The highest BCUT2D eigenvalue weighted by Crippen LogP contribution is 2.28. The van der Waals surface area contributed by atoms with Gasteiger partial charge in [-0.15, -0.1) is 11.8 Å². The maximum Gasteiger partial charge on any atom is 0.255 e. The molecule has 0 aliphatic carbocycles. The zero-order valence-electron chi connectivity index (χ0n) is 19.0. The van der Waals surface area contributed by atoms with Gasteiger partial charge in [0.05, 0.1) is 16.7 Å². The van der Waals surface area contributed by atoms with E-state index >= 15 is 0 Å². The molecule has 0 radical (unpaired) electrons. The monoisotopic (exact) mass is 473 g/mol. The fraction of sp³-hybridized carbons (Fsp3) is 0.417. The number of carbonyl (C=O) groups is 1. The molecule has 0 saturated heterocycles. The first-order valence-corrected chi connectivity index (χ1v) is 13.1. The fourth-order valence-corrected chi connectivity index (χ4v) is 5.74. The molecular formula is C24H31N3O3S2. The second-order valence-electron chi connectivity index (χ2n) is 8.34. The lowest BCUT2D eigenvalue weighted by atomic mass is 10.2. The van der Waals surface area contributed by atoms with Crippen LogP contribution in [0.5, 0.6) is 0 Å². The summed E-state index contributed by atoms with van der Waals surface area (Å²) >= 11 is 1.51. The van der Waals surface area contributed by atoms with Crippen molar-refractivity contribution in [1.29, 1.82) is 5.26 Å². The van der Waals surface area contributed by atoms with Crippen LogP contribution in [-0.4, -0.2) is 37.5 Å². The van der Waals surface area contributed by atoms with Crippen molar-refractivity contribution in [3.8, 4) is 6.07 Å². The smallest absolute Gasteiger partial charge is 0.255 e. The molecule has 32 heavy (non-hydrogen) atoms. The Labute approximate surface area is 196 Å². The van der Waals surface area contributed by atoms with Gasteiger partial charge in [-0.1, -0.05) is 39.8 Å². The summed E-state index contributed by atoms with van der Waals surface area (Å²) in [5.74, 6) is 0.738. The number of hydrogen-bond acceptors (Lipinski definition) is 5. The molecule has 0 fully saturated rings. The van der Waals surface area contributed by atoms with Crippen LogP contribution in [0.15, 0.2) is 58.3 Å². The molecule has 0 heterocycles. The average Bonchev–Trinajstić information content (AvgIpc) is 2.74. The predicted octanol–water partition coefficient (Wildman–Crippen LogP) is 5.25. The molecule has 2 aromatic rings. The molecule has 0 saturated carbocycles. The molecule has 2 rings (SSSR count). The summed E-state index contributed by atoms with van der Waals surface area (Å²) in [4.78, 5) is 13.8. The van der Waals surface area contributed by atoms with Gasteiger partial charge in [-0.2, -0.15) is 9.57 Å². The van der Waals surface area contributed by atoms with Gasteiger partial charge in [0.1, 0.15) is 0 Å². The van der Waals surface area contributed by atoms with Gasteiger partial charge in [-0.25, -0.2) is 8.42 Å². The minimum absolute atomic E-state index is 0.183. The van der Waals surface area contributed by atoms with Gasteiger partial charge in [0.15, 0.2) is 0 Å². The van der Waals surface area contributed by atoms with E-state index in [9.17, 15) is 13.2 Å². The minimum Gasteiger partial charge on any atom is -0.321 e. The fourth-order valence-electron chi connectivity index (χ4n) is 3.11. The van der Waals surface area contributed by atoms with E-state index in [4.69, 9.17) is 5.26 Å². The second-order valence-corrected chi connectivity index (χ2v) is 11.4. The quantitative estimate of drug-likeness (QED) is 0.356. The van der Waals surface area contributed by atoms with Crippen LogP contribution in [0.4, 0.5) is 5.69 Å². The summed E-state index contributed by atoms with van der Waals surface area (Å²) in [6.07, 6.45) is 0.424. The van der Waals surface area contributed by atoms with E-state index in [0.29, 0.717) is 36.5 Å². The number of para-hydroxylation sites is 1. The molecule has 0 atom stereocenters. The van der Waals surface area contributed by atoms with Crippen LogP contribution < -0.4 is 5.32 Å². The maximum atomic E-state index is 13.1. The Morgan fingerprint density at radius 2 is 1.62 bits per heavy atom. The van der Waals surface area contributed by atoms with Gasteiger partial charge in [0.25, 0.3) is 5.91 Å². The van der Waals surface area contributed by atoms with Crippen molar-refractivity contribution in [1.82, 2.24) is 4.31 Å². The van der Waals surface area contributed by atoms with E-state index in [0.717, 1.165) is 4.90 Å². The Hall–Kier alpha value is -2.34. The van der Waals surface area contributed by atoms with Crippen LogP contribution in [0.25, 0.3) is 0 Å². The number of nitrogens with one attached hydrogen (secondary N) is 1. The van der Waals surface area contributed by atoms with Crippen molar-refractivity contribution in [3.63, 3.8) is 0 Å². The van der Waals surface area contributed by atoms with Gasteiger partial charge in [0, 0.05) is 35.7 Å². The van der Waals surface area contributed by atoms with Crippen LogP contribution in [0, 0.1) is 23.2 Å². The molecule has 0 spiro atoms. The number of amides is 1. The van der Waals surface area contributed by atoms with Crippen LogP contribution in [0.3, 0.4) is 0 Å². The topological polar surface area (TPSA) is 90.3 Å². The van der Waals surface area contributed by atoms with Gasteiger partial charge in [-0.05, 0) is 48.2 Å². The molecule has 0 aromatic heterocycles. The summed E-state index contributed by atoms with van der Waals surface area (Å²) < 4.78 is 27.8. The maximum absolute atomic E-state index is 13.1. The van der Waals surface area contributed by atoms with Crippen molar-refractivity contribution in [2.24, 2.45) is 11.8 Å². The third-order valence-corrected chi connectivity index (χ3v) is 7.42. The van der Waals surface area contributed by atoms with E-state index in [2.05, 4.69) is 11.4 Å². The molecule has 0 unspecified atom stereocenters. The highest BCUT2D eigenvalue weighted by molar-refractivity contribution is 7.99. The first-order valence-electron chi connectivity index (χ1n) is 10.7. The third kappa shape index (κ3) is 7.37. The Kier molecular flexibility index (Phi) is 9.76. The number of sulfonamides is 1. The molecule has 1 N–H and O–H groups in total. The number of thioether (sulfide) groups is 1. The van der Waals surface area contributed by atoms with E-state index in [1.54, 1.807) is 6.07 Å². The largest absolute Gasteiger partial charge is 0.321 e. The second kappa shape index (κ2) is 12.0. The predicted molar refractivity (Wildman–Crippen MR) is 130 cm³/mol. The van der Waals surface area contributed by atoms with Crippen molar-refractivity contribution >= 4 is 33.4 Å². The van der Waals surface area contributed by atoms with Gasteiger partial charge < -0.3 is 5.32 Å². The Morgan fingerprint density at radius 1 is 1.03 bits per heavy atom. The number of nitriles is 1. The lowest BCUT2D eigenvalue weighted by molar-refractivity contribution is 0.102. The molecular weight excluding hydrogens is 442 g/mol. The molecule has 8 heteroatoms. The number of nitrogens with zero attached hydrogens (tertiary/aromatic N) is 2. The van der Waals surface area contributed by atoms with Gasteiger partial charge >= 0.3 is 0 Å². The molecule has 2 aromatic carbocycles. The Morgan fingerprint density at radius 3 is 2.19 bits per heavy atom. The van der Waals surface area contributed by atoms with E-state index in [1.165, 1.54) is 40.3 Å². The summed E-state index contributed by atoms with van der Waals surface area (Å²) in [5, 5.41) is 11.6. The first kappa shape index (κ1) is 25.9. The minimum atomic E-state index is -3.64. The van der Waals surface area contributed by atoms with E-state index in [-0.39, 0.29) is 22.6 Å². The standard InChI is InChI=1S/C24H31N3O3S2/c1-18(2)16-27(17-19(3)4)32(29,30)21-12-10-20(11-13-21)24(28)26-22-8-5-6-9-23(22)31-15-7-14-25/h5-6,8-13,18-19H,7,15-17H2,1-4H3,(H,26,28). The Balaban J connectivity index is 2.18. The lowest BCUT2D eigenvalue weighted by Crippen LogP contribution is -2.37. The van der Waals surface area contributed by atoms with Crippen molar-refractivity contribution in [2.75, 3.05) is 24.2 Å². The number of anilines is 1. The lowest BCUT2D eigenvalue weighted by Gasteiger charge is -2.25. The molecule has 0 aliphatic heterocycles. The summed E-state index contributed by atoms with van der Waals surface area (Å²) in [6.45, 7) is 8.87. The highest BCUT2D eigenvalue weighted by atomic mass is 32.2. The van der Waals surface area contributed by atoms with Crippen molar-refractivity contribution < 1.29 is 13.2 Å². The first-order chi connectivity index (χ1) is 15.1. The number of hydrogen-bond donors (Lipinski definition) is 1.